The van der Waals surface area contributed by atoms with Gasteiger partial charge in [0.1, 0.15) is 0 Å². The third-order valence-corrected chi connectivity index (χ3v) is 4.27. The summed E-state index contributed by atoms with van der Waals surface area (Å²) >= 11 is 0. The predicted molar refractivity (Wildman–Crippen MR) is 91.7 cm³/mol. The molecule has 4 N–H and O–H groups in total. The van der Waals surface area contributed by atoms with Gasteiger partial charge < -0.3 is 20.6 Å². The monoisotopic (exact) mass is 361 g/mol. The number of nitro groups is 1. The Balaban J connectivity index is 0.00000288. The fourth-order valence-electron chi connectivity index (χ4n) is 3.11. The standard InChI is InChI=1S/C15H23N3O5.ClH/c1-15(2,9-19)14(17-5-3-16-4-6-17)10-7-11(18(22)23)13(21)12(20)8-10;/h7-8,14,16,19-21H,3-6,9H2,1-2H3;1H/t14-;/m0./s1. The van der Waals surface area contributed by atoms with Gasteiger partial charge in [-0.05, 0) is 11.6 Å². The first-order valence-corrected chi connectivity index (χ1v) is 7.54. The Labute approximate surface area is 146 Å². The number of halogens is 1. The van der Waals surface area contributed by atoms with E-state index < -0.39 is 27.5 Å². The molecule has 0 saturated carbocycles. The molecule has 1 aliphatic heterocycles. The maximum absolute atomic E-state index is 11.1. The highest BCUT2D eigenvalue weighted by Gasteiger charge is 2.37. The van der Waals surface area contributed by atoms with E-state index in [0.29, 0.717) is 5.56 Å². The highest BCUT2D eigenvalue weighted by atomic mass is 35.5. The van der Waals surface area contributed by atoms with E-state index in [2.05, 4.69) is 10.2 Å². The largest absolute Gasteiger partial charge is 0.504 e. The van der Waals surface area contributed by atoms with Crippen LogP contribution in [0.3, 0.4) is 0 Å². The second-order valence-electron chi connectivity index (χ2n) is 6.50. The Morgan fingerprint density at radius 1 is 1.33 bits per heavy atom. The molecule has 0 radical (unpaired) electrons. The smallest absolute Gasteiger partial charge is 0.314 e. The van der Waals surface area contributed by atoms with Crippen LogP contribution in [0.1, 0.15) is 25.5 Å². The first kappa shape index (κ1) is 20.4. The van der Waals surface area contributed by atoms with Crippen molar-refractivity contribution in [2.45, 2.75) is 19.9 Å². The summed E-state index contributed by atoms with van der Waals surface area (Å²) in [5.41, 5.74) is -0.601. The molecule has 9 heteroatoms. The van der Waals surface area contributed by atoms with Crippen molar-refractivity contribution in [3.8, 4) is 11.5 Å². The van der Waals surface area contributed by atoms with Crippen molar-refractivity contribution in [3.63, 3.8) is 0 Å². The van der Waals surface area contributed by atoms with Gasteiger partial charge in [-0.2, -0.15) is 0 Å². The number of aliphatic hydroxyl groups is 1. The maximum atomic E-state index is 11.1. The van der Waals surface area contributed by atoms with Crippen molar-refractivity contribution < 1.29 is 20.2 Å². The zero-order valence-electron chi connectivity index (χ0n) is 13.7. The van der Waals surface area contributed by atoms with Gasteiger partial charge in [-0.3, -0.25) is 15.0 Å². The van der Waals surface area contributed by atoms with Crippen molar-refractivity contribution in [1.29, 1.82) is 0 Å². The van der Waals surface area contributed by atoms with Crippen molar-refractivity contribution >= 4 is 18.1 Å². The number of rotatable bonds is 5. The van der Waals surface area contributed by atoms with Gasteiger partial charge >= 0.3 is 5.69 Å². The third kappa shape index (κ3) is 4.07. The van der Waals surface area contributed by atoms with E-state index in [0.717, 1.165) is 26.2 Å². The molecule has 24 heavy (non-hydrogen) atoms. The lowest BCUT2D eigenvalue weighted by molar-refractivity contribution is -0.386. The predicted octanol–water partition coefficient (Wildman–Crippen LogP) is 1.39. The van der Waals surface area contributed by atoms with E-state index >= 15 is 0 Å². The molecule has 1 atom stereocenters. The summed E-state index contributed by atoms with van der Waals surface area (Å²) in [5.74, 6) is -1.26. The number of piperazine rings is 1. The summed E-state index contributed by atoms with van der Waals surface area (Å²) in [5, 5.41) is 43.7. The van der Waals surface area contributed by atoms with Gasteiger partial charge in [0.2, 0.25) is 5.75 Å². The van der Waals surface area contributed by atoms with Gasteiger partial charge in [-0.15, -0.1) is 12.4 Å². The van der Waals surface area contributed by atoms with E-state index in [1.54, 1.807) is 0 Å². The first-order valence-electron chi connectivity index (χ1n) is 7.54. The van der Waals surface area contributed by atoms with Crippen molar-refractivity contribution in [1.82, 2.24) is 10.2 Å². The molecule has 0 aromatic heterocycles. The highest BCUT2D eigenvalue weighted by molar-refractivity contribution is 5.85. The molecule has 0 unspecified atom stereocenters. The molecule has 0 amide bonds. The minimum absolute atomic E-state index is 0. The van der Waals surface area contributed by atoms with Crippen LogP contribution >= 0.6 is 12.4 Å². The van der Waals surface area contributed by atoms with Crippen LogP contribution in [0.4, 0.5) is 5.69 Å². The molecule has 1 aromatic rings. The molecule has 0 aliphatic carbocycles. The van der Waals surface area contributed by atoms with Crippen molar-refractivity contribution in [3.05, 3.63) is 27.8 Å². The van der Waals surface area contributed by atoms with Crippen LogP contribution < -0.4 is 5.32 Å². The van der Waals surface area contributed by atoms with Crippen LogP contribution in [-0.2, 0) is 0 Å². The van der Waals surface area contributed by atoms with Gasteiger partial charge in [-0.25, -0.2) is 0 Å². The van der Waals surface area contributed by atoms with Crippen LogP contribution in [-0.4, -0.2) is 57.9 Å². The van der Waals surface area contributed by atoms with Crippen molar-refractivity contribution in [2.75, 3.05) is 32.8 Å². The van der Waals surface area contributed by atoms with Gasteiger partial charge in [0, 0.05) is 50.3 Å². The summed E-state index contributed by atoms with van der Waals surface area (Å²) < 4.78 is 0. The number of benzene rings is 1. The molecular formula is C15H24ClN3O5. The minimum Gasteiger partial charge on any atom is -0.504 e. The molecular weight excluding hydrogens is 338 g/mol. The fourth-order valence-corrected chi connectivity index (χ4v) is 3.11. The van der Waals surface area contributed by atoms with Crippen LogP contribution in [0.15, 0.2) is 12.1 Å². The lowest BCUT2D eigenvalue weighted by atomic mass is 9.79. The highest BCUT2D eigenvalue weighted by Crippen LogP contribution is 2.44. The number of hydrogen-bond acceptors (Lipinski definition) is 7. The van der Waals surface area contributed by atoms with Crippen LogP contribution in [0.5, 0.6) is 11.5 Å². The van der Waals surface area contributed by atoms with E-state index in [1.165, 1.54) is 12.1 Å². The van der Waals surface area contributed by atoms with Gasteiger partial charge in [0.25, 0.3) is 0 Å². The number of nitrogens with zero attached hydrogens (tertiary/aromatic N) is 2. The number of aliphatic hydroxyl groups excluding tert-OH is 1. The summed E-state index contributed by atoms with van der Waals surface area (Å²) in [6.45, 7) is 6.64. The summed E-state index contributed by atoms with van der Waals surface area (Å²) in [6, 6.07) is 2.30. The molecule has 136 valence electrons. The topological polar surface area (TPSA) is 119 Å². The average Bonchev–Trinajstić information content (AvgIpc) is 2.51. The Bertz CT molecular complexity index is 591. The summed E-state index contributed by atoms with van der Waals surface area (Å²) in [4.78, 5) is 12.5. The van der Waals surface area contributed by atoms with Crippen LogP contribution in [0.2, 0.25) is 0 Å². The Kier molecular flexibility index (Phi) is 6.79. The van der Waals surface area contributed by atoms with Gasteiger partial charge in [0.05, 0.1) is 4.92 Å². The van der Waals surface area contributed by atoms with Crippen molar-refractivity contribution in [2.24, 2.45) is 5.41 Å². The molecule has 1 heterocycles. The molecule has 0 spiro atoms. The summed E-state index contributed by atoms with van der Waals surface area (Å²) in [7, 11) is 0. The molecule has 1 aromatic carbocycles. The molecule has 0 bridgehead atoms. The lowest BCUT2D eigenvalue weighted by Gasteiger charge is -2.43. The number of hydrogen-bond donors (Lipinski definition) is 4. The number of nitrogens with one attached hydrogen (secondary N) is 1. The van der Waals surface area contributed by atoms with Gasteiger partial charge in [0.15, 0.2) is 5.75 Å². The second-order valence-corrected chi connectivity index (χ2v) is 6.50. The van der Waals surface area contributed by atoms with E-state index in [1.807, 2.05) is 13.8 Å². The van der Waals surface area contributed by atoms with E-state index in [4.69, 9.17) is 0 Å². The molecule has 1 fully saturated rings. The Morgan fingerprint density at radius 3 is 2.42 bits per heavy atom. The number of phenolic OH excluding ortho intramolecular Hbond substituents is 2. The van der Waals surface area contributed by atoms with Crippen LogP contribution in [0, 0.1) is 15.5 Å². The normalized spacial score (nSPS) is 17.1. The zero-order chi connectivity index (χ0) is 17.2. The molecule has 1 saturated heterocycles. The number of nitro benzene ring substituents is 1. The molecule has 1 aliphatic rings. The second kappa shape index (κ2) is 7.98. The maximum Gasteiger partial charge on any atom is 0.314 e. The van der Waals surface area contributed by atoms with Gasteiger partial charge in [-0.1, -0.05) is 13.8 Å². The molecule has 2 rings (SSSR count). The average molecular weight is 362 g/mol. The Morgan fingerprint density at radius 2 is 1.92 bits per heavy atom. The van der Waals surface area contributed by atoms with E-state index in [9.17, 15) is 25.4 Å². The first-order chi connectivity index (χ1) is 10.8. The Hall–Kier alpha value is -1.61. The van der Waals surface area contributed by atoms with E-state index in [-0.39, 0.29) is 25.1 Å². The minimum atomic E-state index is -0.736. The summed E-state index contributed by atoms with van der Waals surface area (Å²) in [6.07, 6.45) is 0. The number of aromatic hydroxyl groups is 2. The lowest BCUT2D eigenvalue weighted by Crippen LogP contribution is -2.49. The quantitative estimate of drug-likeness (QED) is 0.355. The number of phenols is 2. The fraction of sp³-hybridized carbons (Fsp3) is 0.600. The third-order valence-electron chi connectivity index (χ3n) is 4.27. The zero-order valence-corrected chi connectivity index (χ0v) is 14.5. The SMILES string of the molecule is CC(C)(CO)[C@H](c1cc(O)c(O)c([N+](=O)[O-])c1)N1CCNCC1.Cl. The molecule has 8 nitrogen and oxygen atoms in total. The van der Waals surface area contributed by atoms with Crippen LogP contribution in [0.25, 0.3) is 0 Å².